The van der Waals surface area contributed by atoms with Crippen LogP contribution in [0.1, 0.15) is 57.9 Å². The number of carbonyl (C=O) groups excluding carboxylic acids is 1. The Morgan fingerprint density at radius 1 is 1.12 bits per heavy atom. The smallest absolute Gasteiger partial charge is 0.230 e. The zero-order valence-electron chi connectivity index (χ0n) is 15.1. The molecule has 134 valence electrons. The zero-order chi connectivity index (χ0) is 17.3. The van der Waals surface area contributed by atoms with Crippen molar-refractivity contribution in [3.05, 3.63) is 35.9 Å². The van der Waals surface area contributed by atoms with Crippen LogP contribution in [-0.4, -0.2) is 32.0 Å². The maximum atomic E-state index is 12.9. The number of hydrogen-bond acceptors (Lipinski definition) is 3. The molecule has 1 aromatic carbocycles. The van der Waals surface area contributed by atoms with E-state index in [1.807, 2.05) is 32.0 Å². The predicted molar refractivity (Wildman–Crippen MR) is 95.9 cm³/mol. The molecule has 0 spiro atoms. The summed E-state index contributed by atoms with van der Waals surface area (Å²) < 4.78 is 11.1. The van der Waals surface area contributed by atoms with Crippen molar-refractivity contribution < 1.29 is 14.3 Å². The zero-order valence-corrected chi connectivity index (χ0v) is 15.1. The summed E-state index contributed by atoms with van der Waals surface area (Å²) in [6.45, 7) is 5.90. The molecule has 24 heavy (non-hydrogen) atoms. The van der Waals surface area contributed by atoms with E-state index >= 15 is 0 Å². The summed E-state index contributed by atoms with van der Waals surface area (Å²) in [5.74, 6) is 0.176. The van der Waals surface area contributed by atoms with Crippen molar-refractivity contribution in [1.82, 2.24) is 5.32 Å². The van der Waals surface area contributed by atoms with E-state index in [1.165, 1.54) is 0 Å². The van der Waals surface area contributed by atoms with Crippen LogP contribution in [0, 0.1) is 0 Å². The first-order valence-electron chi connectivity index (χ1n) is 9.30. The summed E-state index contributed by atoms with van der Waals surface area (Å²) in [7, 11) is 0. The highest BCUT2D eigenvalue weighted by atomic mass is 16.7. The van der Waals surface area contributed by atoms with Gasteiger partial charge in [-0.15, -0.1) is 0 Å². The highest BCUT2D eigenvalue weighted by Gasteiger charge is 2.42. The maximum Gasteiger partial charge on any atom is 0.230 e. The third kappa shape index (κ3) is 4.81. The Labute approximate surface area is 145 Å². The number of rotatable bonds is 10. The first-order valence-corrected chi connectivity index (χ1v) is 9.30. The van der Waals surface area contributed by atoms with Crippen LogP contribution in [-0.2, 0) is 19.7 Å². The van der Waals surface area contributed by atoms with E-state index in [0.717, 1.165) is 44.1 Å². The lowest BCUT2D eigenvalue weighted by Gasteiger charge is -2.28. The molecule has 0 atom stereocenters. The lowest BCUT2D eigenvalue weighted by molar-refractivity contribution is -0.140. The lowest BCUT2D eigenvalue weighted by atomic mass is 9.78. The topological polar surface area (TPSA) is 47.6 Å². The third-order valence-electron chi connectivity index (χ3n) is 4.83. The van der Waals surface area contributed by atoms with E-state index in [2.05, 4.69) is 17.4 Å². The first-order chi connectivity index (χ1) is 11.7. The Kier molecular flexibility index (Phi) is 7.73. The van der Waals surface area contributed by atoms with Crippen LogP contribution >= 0.6 is 0 Å². The Bertz CT molecular complexity index is 477. The second kappa shape index (κ2) is 9.80. The summed E-state index contributed by atoms with van der Waals surface area (Å²) in [6.07, 6.45) is 5.65. The molecular formula is C20H31NO3. The number of benzene rings is 1. The largest absolute Gasteiger partial charge is 0.355 e. The summed E-state index contributed by atoms with van der Waals surface area (Å²) in [5.41, 5.74) is 0.821. The second-order valence-corrected chi connectivity index (χ2v) is 6.39. The normalized spacial score (nSPS) is 16.5. The van der Waals surface area contributed by atoms with Crippen LogP contribution in [0.3, 0.4) is 0 Å². The highest BCUT2D eigenvalue weighted by Crippen LogP contribution is 2.41. The van der Waals surface area contributed by atoms with Gasteiger partial charge in [-0.05, 0) is 38.7 Å². The van der Waals surface area contributed by atoms with Gasteiger partial charge >= 0.3 is 0 Å². The van der Waals surface area contributed by atoms with E-state index in [1.54, 1.807) is 0 Å². The summed E-state index contributed by atoms with van der Waals surface area (Å²) >= 11 is 0. The van der Waals surface area contributed by atoms with Gasteiger partial charge in [0.1, 0.15) is 0 Å². The van der Waals surface area contributed by atoms with Crippen LogP contribution in [0.15, 0.2) is 30.3 Å². The van der Waals surface area contributed by atoms with Crippen molar-refractivity contribution in [1.29, 1.82) is 0 Å². The van der Waals surface area contributed by atoms with Crippen LogP contribution in [0.25, 0.3) is 0 Å². The van der Waals surface area contributed by atoms with Gasteiger partial charge in [0, 0.05) is 26.2 Å². The second-order valence-electron chi connectivity index (χ2n) is 6.39. The minimum Gasteiger partial charge on any atom is -0.355 e. The van der Waals surface area contributed by atoms with Crippen molar-refractivity contribution in [2.75, 3.05) is 19.8 Å². The monoisotopic (exact) mass is 333 g/mol. The molecule has 1 aliphatic rings. The highest BCUT2D eigenvalue weighted by molar-refractivity contribution is 5.88. The van der Waals surface area contributed by atoms with Crippen molar-refractivity contribution in [3.8, 4) is 0 Å². The Morgan fingerprint density at radius 2 is 1.75 bits per heavy atom. The molecule has 0 aliphatic heterocycles. The average Bonchev–Trinajstić information content (AvgIpc) is 3.11. The number of ether oxygens (including phenoxy) is 2. The van der Waals surface area contributed by atoms with Crippen molar-refractivity contribution >= 4 is 5.91 Å². The molecule has 1 fully saturated rings. The molecule has 1 amide bonds. The first kappa shape index (κ1) is 18.9. The number of carbonyl (C=O) groups is 1. The molecule has 1 aromatic rings. The fourth-order valence-electron chi connectivity index (χ4n) is 3.61. The minimum absolute atomic E-state index is 0.161. The van der Waals surface area contributed by atoms with Gasteiger partial charge in [-0.1, -0.05) is 43.2 Å². The molecule has 0 unspecified atom stereocenters. The molecular weight excluding hydrogens is 302 g/mol. The van der Waals surface area contributed by atoms with E-state index in [4.69, 9.17) is 9.47 Å². The third-order valence-corrected chi connectivity index (χ3v) is 4.83. The number of amides is 1. The van der Waals surface area contributed by atoms with Gasteiger partial charge in [0.15, 0.2) is 6.29 Å². The van der Waals surface area contributed by atoms with E-state index in [-0.39, 0.29) is 17.6 Å². The van der Waals surface area contributed by atoms with Gasteiger partial charge in [-0.2, -0.15) is 0 Å². The molecule has 0 radical (unpaired) electrons. The fourth-order valence-corrected chi connectivity index (χ4v) is 3.61. The SMILES string of the molecule is CCOC(CCCNC(=O)C1(c2ccccc2)CCCC1)OCC. The Morgan fingerprint density at radius 3 is 2.33 bits per heavy atom. The lowest BCUT2D eigenvalue weighted by Crippen LogP contribution is -2.43. The van der Waals surface area contributed by atoms with Crippen LogP contribution < -0.4 is 5.32 Å². The van der Waals surface area contributed by atoms with Gasteiger partial charge in [-0.25, -0.2) is 0 Å². The van der Waals surface area contributed by atoms with Gasteiger partial charge in [-0.3, -0.25) is 4.79 Å². The Hall–Kier alpha value is -1.39. The average molecular weight is 333 g/mol. The van der Waals surface area contributed by atoms with Crippen molar-refractivity contribution in [3.63, 3.8) is 0 Å². The molecule has 0 heterocycles. The molecule has 0 saturated heterocycles. The Balaban J connectivity index is 1.86. The van der Waals surface area contributed by atoms with Gasteiger partial charge in [0.05, 0.1) is 5.41 Å². The molecule has 4 heteroatoms. The summed E-state index contributed by atoms with van der Waals surface area (Å²) in [4.78, 5) is 12.9. The molecule has 1 N–H and O–H groups in total. The van der Waals surface area contributed by atoms with Crippen LogP contribution in [0.5, 0.6) is 0 Å². The minimum atomic E-state index is -0.333. The van der Waals surface area contributed by atoms with E-state index in [0.29, 0.717) is 19.8 Å². The standard InChI is InChI=1S/C20H31NO3/c1-3-23-18(24-4-2)13-10-16-21-19(22)20(14-8-9-15-20)17-11-6-5-7-12-17/h5-7,11-12,18H,3-4,8-10,13-16H2,1-2H3,(H,21,22). The summed E-state index contributed by atoms with van der Waals surface area (Å²) in [6, 6.07) is 10.2. The van der Waals surface area contributed by atoms with Gasteiger partial charge < -0.3 is 14.8 Å². The molecule has 2 rings (SSSR count). The molecule has 0 aromatic heterocycles. The van der Waals surface area contributed by atoms with Crippen LogP contribution in [0.2, 0.25) is 0 Å². The molecule has 0 bridgehead atoms. The number of hydrogen-bond donors (Lipinski definition) is 1. The predicted octanol–water partition coefficient (Wildman–Crippen LogP) is 3.79. The quantitative estimate of drug-likeness (QED) is 0.523. The van der Waals surface area contributed by atoms with E-state index in [9.17, 15) is 4.79 Å². The molecule has 1 aliphatic carbocycles. The number of nitrogens with one attached hydrogen (secondary N) is 1. The fraction of sp³-hybridized carbons (Fsp3) is 0.650. The van der Waals surface area contributed by atoms with Gasteiger partial charge in [0.25, 0.3) is 0 Å². The van der Waals surface area contributed by atoms with Crippen molar-refractivity contribution in [2.24, 2.45) is 0 Å². The molecule has 1 saturated carbocycles. The summed E-state index contributed by atoms with van der Waals surface area (Å²) in [5, 5.41) is 3.15. The van der Waals surface area contributed by atoms with Crippen molar-refractivity contribution in [2.45, 2.75) is 64.1 Å². The van der Waals surface area contributed by atoms with E-state index < -0.39 is 0 Å². The van der Waals surface area contributed by atoms with Gasteiger partial charge in [0.2, 0.25) is 5.91 Å². The van der Waals surface area contributed by atoms with Crippen LogP contribution in [0.4, 0.5) is 0 Å². The maximum absolute atomic E-state index is 12.9. The molecule has 4 nitrogen and oxygen atoms in total.